The van der Waals surface area contributed by atoms with E-state index in [1.807, 2.05) is 0 Å². The van der Waals surface area contributed by atoms with E-state index < -0.39 is 17.6 Å². The lowest BCUT2D eigenvalue weighted by molar-refractivity contribution is -0.211. The number of methoxy groups -OCH3 is 2. The van der Waals surface area contributed by atoms with Crippen molar-refractivity contribution in [1.29, 1.82) is 0 Å². The zero-order valence-electron chi connectivity index (χ0n) is 18.7. The third-order valence-corrected chi connectivity index (χ3v) is 5.10. The Balaban J connectivity index is 2.55. The van der Waals surface area contributed by atoms with Crippen LogP contribution in [0.15, 0.2) is 18.2 Å². The minimum absolute atomic E-state index is 0.178. The molecule has 0 aliphatic heterocycles. The van der Waals surface area contributed by atoms with Gasteiger partial charge in [-0.2, -0.15) is 18.3 Å². The molecule has 1 aromatic heterocycles. The molecule has 0 bridgehead atoms. The molecule has 2 aromatic rings. The fraction of sp³-hybridized carbons (Fsp3) is 0.545. The van der Waals surface area contributed by atoms with Crippen LogP contribution in [0, 0.1) is 12.3 Å². The second-order valence-electron chi connectivity index (χ2n) is 7.85. The largest absolute Gasteiger partial charge is 0.496 e. The molecule has 0 aliphatic rings. The Morgan fingerprint density at radius 2 is 1.87 bits per heavy atom. The highest BCUT2D eigenvalue weighted by molar-refractivity contribution is 5.91. The van der Waals surface area contributed by atoms with Crippen LogP contribution in [-0.4, -0.2) is 49.4 Å². The third kappa shape index (κ3) is 5.39. The van der Waals surface area contributed by atoms with E-state index in [9.17, 15) is 18.0 Å². The monoisotopic (exact) mass is 442 g/mol. The Morgan fingerprint density at radius 3 is 2.42 bits per heavy atom. The number of rotatable bonds is 9. The summed E-state index contributed by atoms with van der Waals surface area (Å²) in [6.07, 6.45) is -4.52. The minimum Gasteiger partial charge on any atom is -0.496 e. The molecule has 0 saturated heterocycles. The quantitative estimate of drug-likeness (QED) is 0.521. The molecule has 172 valence electrons. The van der Waals surface area contributed by atoms with Crippen molar-refractivity contribution >= 4 is 5.97 Å². The SMILES string of the molecule is CCOC(=O)c1nn(CCOC)c(-c2ccc(CC(C)(C)C(F)(F)F)cc2OC)c1C. The Morgan fingerprint density at radius 1 is 1.19 bits per heavy atom. The fourth-order valence-electron chi connectivity index (χ4n) is 3.28. The lowest BCUT2D eigenvalue weighted by atomic mass is 9.84. The van der Waals surface area contributed by atoms with Gasteiger partial charge in [0.2, 0.25) is 0 Å². The summed E-state index contributed by atoms with van der Waals surface area (Å²) < 4.78 is 57.3. The summed E-state index contributed by atoms with van der Waals surface area (Å²) in [6.45, 7) is 6.74. The Bertz CT molecular complexity index is 920. The molecular weight excluding hydrogens is 413 g/mol. The van der Waals surface area contributed by atoms with E-state index in [0.29, 0.717) is 41.3 Å². The number of benzene rings is 1. The molecule has 0 spiro atoms. The minimum atomic E-state index is -4.33. The van der Waals surface area contributed by atoms with Crippen LogP contribution in [0.25, 0.3) is 11.3 Å². The lowest BCUT2D eigenvalue weighted by Crippen LogP contribution is -2.34. The number of hydrogen-bond donors (Lipinski definition) is 0. The molecule has 0 saturated carbocycles. The molecule has 0 amide bonds. The van der Waals surface area contributed by atoms with Crippen LogP contribution in [0.1, 0.15) is 42.4 Å². The van der Waals surface area contributed by atoms with Crippen LogP contribution in [0.3, 0.4) is 0 Å². The topological polar surface area (TPSA) is 62.6 Å². The van der Waals surface area contributed by atoms with Crippen molar-refractivity contribution in [1.82, 2.24) is 9.78 Å². The van der Waals surface area contributed by atoms with Gasteiger partial charge in [-0.3, -0.25) is 4.68 Å². The number of alkyl halides is 3. The van der Waals surface area contributed by atoms with Gasteiger partial charge in [0.1, 0.15) is 5.75 Å². The number of esters is 1. The van der Waals surface area contributed by atoms with E-state index in [2.05, 4.69) is 5.10 Å². The van der Waals surface area contributed by atoms with Crippen molar-refractivity contribution in [3.8, 4) is 17.0 Å². The van der Waals surface area contributed by atoms with Gasteiger partial charge in [-0.1, -0.05) is 19.9 Å². The predicted molar refractivity (Wildman–Crippen MR) is 110 cm³/mol. The van der Waals surface area contributed by atoms with Crippen LogP contribution in [-0.2, 0) is 22.4 Å². The van der Waals surface area contributed by atoms with Gasteiger partial charge in [0.25, 0.3) is 0 Å². The number of ether oxygens (including phenoxy) is 3. The van der Waals surface area contributed by atoms with Crippen LogP contribution in [0.5, 0.6) is 5.75 Å². The van der Waals surface area contributed by atoms with E-state index in [4.69, 9.17) is 14.2 Å². The molecular formula is C22H29F3N2O4. The van der Waals surface area contributed by atoms with Crippen molar-refractivity contribution in [2.24, 2.45) is 5.41 Å². The van der Waals surface area contributed by atoms with Crippen molar-refractivity contribution in [3.63, 3.8) is 0 Å². The van der Waals surface area contributed by atoms with Crippen molar-refractivity contribution < 1.29 is 32.2 Å². The van der Waals surface area contributed by atoms with Crippen molar-refractivity contribution in [2.45, 2.75) is 46.8 Å². The molecule has 0 radical (unpaired) electrons. The van der Waals surface area contributed by atoms with E-state index >= 15 is 0 Å². The standard InChI is InChI=1S/C22H29F3N2O4/c1-7-31-20(28)18-14(2)19(27(26-18)10-11-29-5)16-9-8-15(12-17(16)30-6)13-21(3,4)22(23,24)25/h8-9,12H,7,10-11,13H2,1-6H3. The van der Waals surface area contributed by atoms with E-state index in [1.54, 1.807) is 43.8 Å². The van der Waals surface area contributed by atoms with Crippen LogP contribution >= 0.6 is 0 Å². The van der Waals surface area contributed by atoms with Crippen LogP contribution in [0.2, 0.25) is 0 Å². The first kappa shape index (κ1) is 24.7. The molecule has 1 aromatic carbocycles. The summed E-state index contributed by atoms with van der Waals surface area (Å²) in [6, 6.07) is 4.94. The lowest BCUT2D eigenvalue weighted by Gasteiger charge is -2.28. The van der Waals surface area contributed by atoms with Gasteiger partial charge in [0, 0.05) is 18.2 Å². The van der Waals surface area contributed by atoms with E-state index in [-0.39, 0.29) is 18.7 Å². The third-order valence-electron chi connectivity index (χ3n) is 5.10. The predicted octanol–water partition coefficient (Wildman–Crippen LogP) is 4.82. The maximum absolute atomic E-state index is 13.3. The number of hydrogen-bond acceptors (Lipinski definition) is 5. The highest BCUT2D eigenvalue weighted by Gasteiger charge is 2.47. The number of nitrogens with zero attached hydrogens (tertiary/aromatic N) is 2. The smallest absolute Gasteiger partial charge is 0.394 e. The molecule has 9 heteroatoms. The molecule has 0 atom stereocenters. The average molecular weight is 442 g/mol. The zero-order valence-corrected chi connectivity index (χ0v) is 18.7. The molecule has 2 rings (SSSR count). The van der Waals surface area contributed by atoms with Crippen LogP contribution < -0.4 is 4.74 Å². The van der Waals surface area contributed by atoms with Gasteiger partial charge in [-0.15, -0.1) is 0 Å². The summed E-state index contributed by atoms with van der Waals surface area (Å²) in [5, 5.41) is 4.39. The highest BCUT2D eigenvalue weighted by Crippen LogP contribution is 2.42. The van der Waals surface area contributed by atoms with Gasteiger partial charge in [-0.25, -0.2) is 4.79 Å². The van der Waals surface area contributed by atoms with Gasteiger partial charge >= 0.3 is 12.1 Å². The fourth-order valence-corrected chi connectivity index (χ4v) is 3.28. The van der Waals surface area contributed by atoms with Crippen molar-refractivity contribution in [3.05, 3.63) is 35.0 Å². The molecule has 0 fully saturated rings. The summed E-state index contributed by atoms with van der Waals surface area (Å²) in [5.74, 6) is -0.146. The average Bonchev–Trinajstić information content (AvgIpc) is 3.01. The van der Waals surface area contributed by atoms with Gasteiger partial charge in [0.15, 0.2) is 5.69 Å². The number of halogens is 3. The van der Waals surface area contributed by atoms with E-state index in [0.717, 1.165) is 0 Å². The Hall–Kier alpha value is -2.55. The number of carbonyl (C=O) groups is 1. The first-order chi connectivity index (χ1) is 14.5. The summed E-state index contributed by atoms with van der Waals surface area (Å²) in [7, 11) is 3.01. The normalized spacial score (nSPS) is 12.2. The molecule has 31 heavy (non-hydrogen) atoms. The first-order valence-corrected chi connectivity index (χ1v) is 9.94. The summed E-state index contributed by atoms with van der Waals surface area (Å²) >= 11 is 0. The van der Waals surface area contributed by atoms with E-state index in [1.165, 1.54) is 21.0 Å². The van der Waals surface area contributed by atoms with Gasteiger partial charge in [0.05, 0.1) is 38.0 Å². The summed E-state index contributed by atoms with van der Waals surface area (Å²) in [4.78, 5) is 12.3. The molecule has 1 heterocycles. The number of aromatic nitrogens is 2. The molecule has 6 nitrogen and oxygen atoms in total. The molecule has 0 aliphatic carbocycles. The van der Waals surface area contributed by atoms with Crippen LogP contribution in [0.4, 0.5) is 13.2 Å². The number of carbonyl (C=O) groups excluding carboxylic acids is 1. The van der Waals surface area contributed by atoms with Gasteiger partial charge in [-0.05, 0) is 38.0 Å². The zero-order chi connectivity index (χ0) is 23.4. The molecule has 0 unspecified atom stereocenters. The Kier molecular flexibility index (Phi) is 7.75. The van der Waals surface area contributed by atoms with Gasteiger partial charge < -0.3 is 14.2 Å². The first-order valence-electron chi connectivity index (χ1n) is 9.94. The maximum Gasteiger partial charge on any atom is 0.394 e. The highest BCUT2D eigenvalue weighted by atomic mass is 19.4. The maximum atomic E-state index is 13.3. The Labute approximate surface area is 180 Å². The second kappa shape index (κ2) is 9.72. The summed E-state index contributed by atoms with van der Waals surface area (Å²) in [5.41, 5.74) is 0.626. The van der Waals surface area contributed by atoms with Crippen molar-refractivity contribution in [2.75, 3.05) is 27.4 Å². The molecule has 0 N–H and O–H groups in total. The second-order valence-corrected chi connectivity index (χ2v) is 7.85.